The maximum absolute atomic E-state index is 11.5. The number of hydrogen-bond acceptors (Lipinski definition) is 3. The Labute approximate surface area is 102 Å². The first-order chi connectivity index (χ1) is 7.78. The first-order valence-electron chi connectivity index (χ1n) is 5.32. The fraction of sp³-hybridized carbons (Fsp3) is 0.500. The van der Waals surface area contributed by atoms with E-state index in [1.165, 1.54) is 0 Å². The van der Waals surface area contributed by atoms with E-state index in [4.69, 9.17) is 4.74 Å². The molecule has 5 nitrogen and oxygen atoms in total. The van der Waals surface area contributed by atoms with Crippen LogP contribution in [0.2, 0.25) is 0 Å². The van der Waals surface area contributed by atoms with Gasteiger partial charge in [0.15, 0.2) is 0 Å². The normalized spacial score (nSPS) is 12.2. The molecule has 0 spiro atoms. The SMILES string of the molecule is C=CCC(NC(=O)C=C)NC(=O)OC(C)(C)C. The van der Waals surface area contributed by atoms with E-state index in [-0.39, 0.29) is 5.91 Å². The lowest BCUT2D eigenvalue weighted by Gasteiger charge is -2.23. The molecule has 0 saturated carbocycles. The summed E-state index contributed by atoms with van der Waals surface area (Å²) in [6.45, 7) is 12.2. The molecule has 0 radical (unpaired) electrons. The molecule has 2 amide bonds. The van der Waals surface area contributed by atoms with Crippen molar-refractivity contribution in [2.75, 3.05) is 0 Å². The number of carbonyl (C=O) groups is 2. The first kappa shape index (κ1) is 15.2. The number of rotatable bonds is 5. The second-order valence-corrected chi connectivity index (χ2v) is 4.44. The van der Waals surface area contributed by atoms with Gasteiger partial charge in [-0.3, -0.25) is 4.79 Å². The molecular weight excluding hydrogens is 220 g/mol. The van der Waals surface area contributed by atoms with Gasteiger partial charge in [-0.2, -0.15) is 0 Å². The first-order valence-corrected chi connectivity index (χ1v) is 5.32. The highest BCUT2D eigenvalue weighted by Gasteiger charge is 2.19. The highest BCUT2D eigenvalue weighted by atomic mass is 16.6. The number of ether oxygens (including phenoxy) is 1. The Morgan fingerprint density at radius 3 is 2.29 bits per heavy atom. The Balaban J connectivity index is 4.33. The number of carbonyl (C=O) groups excluding carboxylic acids is 2. The molecule has 0 aromatic carbocycles. The molecule has 0 aliphatic rings. The van der Waals surface area contributed by atoms with Gasteiger partial charge >= 0.3 is 6.09 Å². The van der Waals surface area contributed by atoms with Crippen LogP contribution in [0, 0.1) is 0 Å². The zero-order chi connectivity index (χ0) is 13.5. The summed E-state index contributed by atoms with van der Waals surface area (Å²) in [6, 6.07) is 0. The topological polar surface area (TPSA) is 67.4 Å². The van der Waals surface area contributed by atoms with Crippen LogP contribution in [0.1, 0.15) is 27.2 Å². The Kier molecular flexibility index (Phi) is 6.02. The molecule has 96 valence electrons. The number of alkyl carbamates (subject to hydrolysis) is 1. The van der Waals surface area contributed by atoms with Crippen molar-refractivity contribution in [3.8, 4) is 0 Å². The number of nitrogens with one attached hydrogen (secondary N) is 2. The third-order valence-electron chi connectivity index (χ3n) is 1.60. The molecule has 0 aromatic heterocycles. The van der Waals surface area contributed by atoms with Crippen LogP contribution in [0.5, 0.6) is 0 Å². The van der Waals surface area contributed by atoms with Crippen molar-refractivity contribution in [3.05, 3.63) is 25.3 Å². The van der Waals surface area contributed by atoms with Gasteiger partial charge in [-0.25, -0.2) is 4.79 Å². The Bertz CT molecular complexity index is 305. The highest BCUT2D eigenvalue weighted by molar-refractivity contribution is 5.87. The van der Waals surface area contributed by atoms with Crippen LogP contribution in [-0.4, -0.2) is 23.8 Å². The standard InChI is InChI=1S/C12H20N2O3/c1-6-8-9(13-10(15)7-2)14-11(16)17-12(3,4)5/h6-7,9H,1-2,8H2,3-5H3,(H,13,15)(H,14,16). The Morgan fingerprint density at radius 1 is 1.29 bits per heavy atom. The molecular formula is C12H20N2O3. The van der Waals surface area contributed by atoms with Gasteiger partial charge in [-0.15, -0.1) is 6.58 Å². The predicted molar refractivity (Wildman–Crippen MR) is 66.3 cm³/mol. The monoisotopic (exact) mass is 240 g/mol. The second-order valence-electron chi connectivity index (χ2n) is 4.44. The molecule has 0 bridgehead atoms. The minimum Gasteiger partial charge on any atom is -0.444 e. The van der Waals surface area contributed by atoms with E-state index in [0.29, 0.717) is 6.42 Å². The van der Waals surface area contributed by atoms with Crippen LogP contribution in [0.25, 0.3) is 0 Å². The zero-order valence-electron chi connectivity index (χ0n) is 10.6. The van der Waals surface area contributed by atoms with Gasteiger partial charge in [0.25, 0.3) is 0 Å². The Hall–Kier alpha value is -1.78. The third-order valence-corrected chi connectivity index (χ3v) is 1.60. The maximum Gasteiger partial charge on any atom is 0.409 e. The summed E-state index contributed by atoms with van der Waals surface area (Å²) >= 11 is 0. The van der Waals surface area contributed by atoms with E-state index >= 15 is 0 Å². The van der Waals surface area contributed by atoms with Crippen molar-refractivity contribution in [2.24, 2.45) is 0 Å². The lowest BCUT2D eigenvalue weighted by molar-refractivity contribution is -0.117. The van der Waals surface area contributed by atoms with Gasteiger partial charge < -0.3 is 15.4 Å². The maximum atomic E-state index is 11.5. The van der Waals surface area contributed by atoms with Crippen LogP contribution >= 0.6 is 0 Å². The van der Waals surface area contributed by atoms with E-state index in [9.17, 15) is 9.59 Å². The minimum absolute atomic E-state index is 0.368. The summed E-state index contributed by atoms with van der Waals surface area (Å²) in [5, 5.41) is 5.07. The zero-order valence-corrected chi connectivity index (χ0v) is 10.6. The molecule has 1 unspecified atom stereocenters. The molecule has 0 fully saturated rings. The van der Waals surface area contributed by atoms with Crippen molar-refractivity contribution in [3.63, 3.8) is 0 Å². The lowest BCUT2D eigenvalue weighted by Crippen LogP contribution is -2.48. The minimum atomic E-state index is -0.589. The van der Waals surface area contributed by atoms with E-state index < -0.39 is 17.9 Å². The largest absolute Gasteiger partial charge is 0.444 e. The van der Waals surface area contributed by atoms with Gasteiger partial charge in [-0.05, 0) is 26.8 Å². The molecule has 0 saturated heterocycles. The summed E-state index contributed by atoms with van der Waals surface area (Å²) in [6.07, 6.45) is 1.98. The highest BCUT2D eigenvalue weighted by Crippen LogP contribution is 2.06. The average Bonchev–Trinajstić information content (AvgIpc) is 2.14. The van der Waals surface area contributed by atoms with Crippen molar-refractivity contribution in [1.29, 1.82) is 0 Å². The molecule has 2 N–H and O–H groups in total. The molecule has 0 aliphatic carbocycles. The van der Waals surface area contributed by atoms with E-state index in [1.807, 2.05) is 0 Å². The second kappa shape index (κ2) is 6.73. The number of amides is 2. The van der Waals surface area contributed by atoms with E-state index in [0.717, 1.165) is 6.08 Å². The van der Waals surface area contributed by atoms with Gasteiger partial charge in [0.1, 0.15) is 11.8 Å². The fourth-order valence-corrected chi connectivity index (χ4v) is 1.00. The summed E-state index contributed by atoms with van der Waals surface area (Å²) < 4.78 is 5.07. The van der Waals surface area contributed by atoms with Crippen molar-refractivity contribution < 1.29 is 14.3 Å². The molecule has 17 heavy (non-hydrogen) atoms. The van der Waals surface area contributed by atoms with Crippen molar-refractivity contribution >= 4 is 12.0 Å². The summed E-state index contributed by atoms with van der Waals surface area (Å²) in [5.41, 5.74) is -0.578. The molecule has 0 aromatic rings. The van der Waals surface area contributed by atoms with Crippen LogP contribution in [-0.2, 0) is 9.53 Å². The van der Waals surface area contributed by atoms with Gasteiger partial charge in [0.05, 0.1) is 0 Å². The molecule has 5 heteroatoms. The summed E-state index contributed by atoms with van der Waals surface area (Å²) in [4.78, 5) is 22.6. The smallest absolute Gasteiger partial charge is 0.409 e. The fourth-order valence-electron chi connectivity index (χ4n) is 1.00. The van der Waals surface area contributed by atoms with Crippen LogP contribution in [0.15, 0.2) is 25.3 Å². The average molecular weight is 240 g/mol. The molecule has 1 atom stereocenters. The quantitative estimate of drug-likeness (QED) is 0.437. The van der Waals surface area contributed by atoms with Gasteiger partial charge in [-0.1, -0.05) is 12.7 Å². The predicted octanol–water partition coefficient (Wildman–Crippen LogP) is 1.72. The molecule has 0 aliphatic heterocycles. The van der Waals surface area contributed by atoms with Crippen molar-refractivity contribution in [2.45, 2.75) is 39.0 Å². The summed E-state index contributed by atoms with van der Waals surface area (Å²) in [7, 11) is 0. The third kappa shape index (κ3) is 8.07. The van der Waals surface area contributed by atoms with Gasteiger partial charge in [0, 0.05) is 6.42 Å². The molecule has 0 heterocycles. The summed E-state index contributed by atoms with van der Waals surface area (Å²) in [5.74, 6) is -0.368. The number of hydrogen-bond donors (Lipinski definition) is 2. The van der Waals surface area contributed by atoms with Crippen molar-refractivity contribution in [1.82, 2.24) is 10.6 Å². The van der Waals surface area contributed by atoms with Crippen LogP contribution < -0.4 is 10.6 Å². The van der Waals surface area contributed by atoms with Crippen LogP contribution in [0.3, 0.4) is 0 Å². The van der Waals surface area contributed by atoms with Crippen LogP contribution in [0.4, 0.5) is 4.79 Å². The van der Waals surface area contributed by atoms with E-state index in [1.54, 1.807) is 26.8 Å². The van der Waals surface area contributed by atoms with Gasteiger partial charge in [0.2, 0.25) is 5.91 Å². The molecule has 0 rings (SSSR count). The Morgan fingerprint density at radius 2 is 1.88 bits per heavy atom. The lowest BCUT2D eigenvalue weighted by atomic mass is 10.2. The van der Waals surface area contributed by atoms with E-state index in [2.05, 4.69) is 23.8 Å².